The molecule has 0 N–H and O–H groups in total. The summed E-state index contributed by atoms with van der Waals surface area (Å²) in [7, 11) is 1.61. The van der Waals surface area contributed by atoms with Gasteiger partial charge in [-0.05, 0) is 18.2 Å². The standard InChI is InChI=1S/C20H15ClN6O2S2/c1-29-16-9-5-2-6-12(16)10-26-18(28)13-7-3-4-8-15(13)27-19(26)23-24-20(27)30-11-14-17(21)31-25-22-14/h2-9H,10-11H2,1H3. The Hall–Kier alpha value is -2.95. The first kappa shape index (κ1) is 20.0. The van der Waals surface area contributed by atoms with Gasteiger partial charge in [0.25, 0.3) is 5.56 Å². The van der Waals surface area contributed by atoms with Crippen molar-refractivity contribution in [3.63, 3.8) is 0 Å². The molecule has 0 amide bonds. The minimum absolute atomic E-state index is 0.135. The van der Waals surface area contributed by atoms with Crippen molar-refractivity contribution in [2.75, 3.05) is 7.11 Å². The number of fused-ring (bicyclic) bond motifs is 3. The third-order valence-corrected chi connectivity index (χ3v) is 6.77. The average Bonchev–Trinajstić information content (AvgIpc) is 3.41. The minimum atomic E-state index is -0.135. The first-order valence-electron chi connectivity index (χ1n) is 9.25. The summed E-state index contributed by atoms with van der Waals surface area (Å²) in [5.74, 6) is 1.66. The molecule has 0 atom stereocenters. The molecule has 0 saturated heterocycles. The third-order valence-electron chi connectivity index (χ3n) is 4.85. The lowest BCUT2D eigenvalue weighted by Gasteiger charge is -2.13. The molecule has 0 aliphatic carbocycles. The highest BCUT2D eigenvalue weighted by Gasteiger charge is 2.18. The largest absolute Gasteiger partial charge is 0.496 e. The summed E-state index contributed by atoms with van der Waals surface area (Å²) in [5, 5.41) is 14.0. The Balaban J connectivity index is 1.67. The van der Waals surface area contributed by atoms with Crippen LogP contribution in [0.2, 0.25) is 4.34 Å². The summed E-state index contributed by atoms with van der Waals surface area (Å²) in [4.78, 5) is 13.3. The molecule has 0 radical (unpaired) electrons. The van der Waals surface area contributed by atoms with E-state index in [1.165, 1.54) is 11.8 Å². The fourth-order valence-corrected chi connectivity index (χ4v) is 5.06. The fourth-order valence-electron chi connectivity index (χ4n) is 3.39. The monoisotopic (exact) mass is 470 g/mol. The van der Waals surface area contributed by atoms with Gasteiger partial charge in [-0.25, -0.2) is 0 Å². The van der Waals surface area contributed by atoms with Crippen LogP contribution in [0.25, 0.3) is 16.7 Å². The number of para-hydroxylation sites is 2. The average molecular weight is 471 g/mol. The van der Waals surface area contributed by atoms with Crippen LogP contribution in [-0.4, -0.2) is 35.9 Å². The van der Waals surface area contributed by atoms with Gasteiger partial charge in [0.15, 0.2) is 5.16 Å². The van der Waals surface area contributed by atoms with E-state index in [0.29, 0.717) is 44.4 Å². The van der Waals surface area contributed by atoms with Crippen molar-refractivity contribution in [1.82, 2.24) is 28.8 Å². The Bertz CT molecular complexity index is 1460. The van der Waals surface area contributed by atoms with Crippen LogP contribution in [0.1, 0.15) is 11.3 Å². The van der Waals surface area contributed by atoms with Gasteiger partial charge in [-0.3, -0.25) is 13.8 Å². The Labute approximate surface area is 189 Å². The fraction of sp³-hybridized carbons (Fsp3) is 0.150. The number of hydrogen-bond acceptors (Lipinski definition) is 8. The molecule has 3 aromatic heterocycles. The van der Waals surface area contributed by atoms with E-state index < -0.39 is 0 Å². The highest BCUT2D eigenvalue weighted by Crippen LogP contribution is 2.28. The second-order valence-corrected chi connectivity index (χ2v) is 8.92. The van der Waals surface area contributed by atoms with E-state index in [9.17, 15) is 4.79 Å². The molecule has 5 rings (SSSR count). The van der Waals surface area contributed by atoms with E-state index >= 15 is 0 Å². The van der Waals surface area contributed by atoms with Crippen LogP contribution in [0.4, 0.5) is 0 Å². The van der Waals surface area contributed by atoms with Crippen molar-refractivity contribution < 1.29 is 4.74 Å². The van der Waals surface area contributed by atoms with E-state index in [1.807, 2.05) is 52.9 Å². The molecule has 0 spiro atoms. The van der Waals surface area contributed by atoms with Crippen molar-refractivity contribution in [3.8, 4) is 5.75 Å². The summed E-state index contributed by atoms with van der Waals surface area (Å²) < 4.78 is 13.4. The molecule has 156 valence electrons. The van der Waals surface area contributed by atoms with E-state index in [-0.39, 0.29) is 5.56 Å². The summed E-state index contributed by atoms with van der Waals surface area (Å²) in [6.07, 6.45) is 0. The maximum atomic E-state index is 13.3. The van der Waals surface area contributed by atoms with Crippen molar-refractivity contribution in [2.24, 2.45) is 0 Å². The zero-order valence-corrected chi connectivity index (χ0v) is 18.6. The lowest BCUT2D eigenvalue weighted by Crippen LogP contribution is -2.24. The predicted molar refractivity (Wildman–Crippen MR) is 121 cm³/mol. The number of halogens is 1. The van der Waals surface area contributed by atoms with Gasteiger partial charge in [0.05, 0.1) is 24.6 Å². The predicted octanol–water partition coefficient (Wildman–Crippen LogP) is 3.90. The zero-order valence-electron chi connectivity index (χ0n) is 16.2. The van der Waals surface area contributed by atoms with Crippen molar-refractivity contribution in [2.45, 2.75) is 17.5 Å². The molecular formula is C20H15ClN6O2S2. The molecule has 11 heteroatoms. The van der Waals surface area contributed by atoms with Crippen LogP contribution in [-0.2, 0) is 12.3 Å². The lowest BCUT2D eigenvalue weighted by atomic mass is 10.2. The van der Waals surface area contributed by atoms with E-state index in [2.05, 4.69) is 19.8 Å². The first-order chi connectivity index (χ1) is 15.2. The summed E-state index contributed by atoms with van der Waals surface area (Å²) in [5.41, 5.74) is 2.18. The zero-order chi connectivity index (χ0) is 21.4. The molecule has 0 aliphatic rings. The maximum Gasteiger partial charge on any atom is 0.263 e. The second-order valence-electron chi connectivity index (χ2n) is 6.62. The number of thioether (sulfide) groups is 1. The van der Waals surface area contributed by atoms with Crippen molar-refractivity contribution in [1.29, 1.82) is 0 Å². The molecule has 3 heterocycles. The minimum Gasteiger partial charge on any atom is -0.496 e. The smallest absolute Gasteiger partial charge is 0.263 e. The quantitative estimate of drug-likeness (QED) is 0.348. The third kappa shape index (κ3) is 3.56. The van der Waals surface area contributed by atoms with Gasteiger partial charge in [0.1, 0.15) is 15.8 Å². The van der Waals surface area contributed by atoms with Crippen molar-refractivity contribution in [3.05, 3.63) is 74.5 Å². The number of ether oxygens (including phenoxy) is 1. The summed E-state index contributed by atoms with van der Waals surface area (Å²) in [6, 6.07) is 15.1. The van der Waals surface area contributed by atoms with Crippen LogP contribution < -0.4 is 10.3 Å². The lowest BCUT2D eigenvalue weighted by molar-refractivity contribution is 0.408. The molecule has 0 fully saturated rings. The van der Waals surface area contributed by atoms with Crippen LogP contribution in [0.5, 0.6) is 5.75 Å². The number of benzene rings is 2. The van der Waals surface area contributed by atoms with Crippen LogP contribution in [0.3, 0.4) is 0 Å². The molecule has 0 aliphatic heterocycles. The molecule has 8 nitrogen and oxygen atoms in total. The van der Waals surface area contributed by atoms with Crippen LogP contribution >= 0.6 is 34.9 Å². The molecule has 2 aromatic carbocycles. The number of hydrogen-bond donors (Lipinski definition) is 0. The molecule has 5 aromatic rings. The van der Waals surface area contributed by atoms with Gasteiger partial charge in [-0.1, -0.05) is 58.2 Å². The normalized spacial score (nSPS) is 11.4. The van der Waals surface area contributed by atoms with Gasteiger partial charge >= 0.3 is 0 Å². The number of methoxy groups -OCH3 is 1. The van der Waals surface area contributed by atoms with Crippen LogP contribution in [0.15, 0.2) is 58.5 Å². The van der Waals surface area contributed by atoms with Gasteiger partial charge < -0.3 is 4.74 Å². The molecule has 0 unspecified atom stereocenters. The maximum absolute atomic E-state index is 13.3. The van der Waals surface area contributed by atoms with Gasteiger partial charge in [0.2, 0.25) is 5.78 Å². The first-order valence-corrected chi connectivity index (χ1v) is 11.4. The molecule has 31 heavy (non-hydrogen) atoms. The van der Waals surface area contributed by atoms with E-state index in [1.54, 1.807) is 11.7 Å². The SMILES string of the molecule is COc1ccccc1Cn1c(=O)c2ccccc2n2c(SCc3nnsc3Cl)nnc12. The Morgan fingerprint density at radius 3 is 2.71 bits per heavy atom. The molecule has 0 bridgehead atoms. The van der Waals surface area contributed by atoms with Crippen molar-refractivity contribution >= 4 is 51.6 Å². The van der Waals surface area contributed by atoms with E-state index in [4.69, 9.17) is 16.3 Å². The van der Waals surface area contributed by atoms with Gasteiger partial charge in [-0.2, -0.15) is 0 Å². The number of nitrogens with zero attached hydrogens (tertiary/aromatic N) is 6. The summed E-state index contributed by atoms with van der Waals surface area (Å²) in [6.45, 7) is 0.307. The Morgan fingerprint density at radius 2 is 1.90 bits per heavy atom. The van der Waals surface area contributed by atoms with Crippen LogP contribution in [0, 0.1) is 0 Å². The number of rotatable bonds is 6. The topological polar surface area (TPSA) is 87.2 Å². The molecule has 0 saturated carbocycles. The second kappa shape index (κ2) is 8.29. The highest BCUT2D eigenvalue weighted by molar-refractivity contribution is 7.98. The molecular weight excluding hydrogens is 456 g/mol. The van der Waals surface area contributed by atoms with E-state index in [0.717, 1.165) is 22.6 Å². The Morgan fingerprint density at radius 1 is 1.10 bits per heavy atom. The highest BCUT2D eigenvalue weighted by atomic mass is 35.5. The van der Waals surface area contributed by atoms with Gasteiger partial charge in [0, 0.05) is 22.8 Å². The summed E-state index contributed by atoms with van der Waals surface area (Å²) >= 11 is 8.73. The van der Waals surface area contributed by atoms with Gasteiger partial charge in [-0.15, -0.1) is 15.3 Å². The number of aromatic nitrogens is 6. The Kier molecular flexibility index (Phi) is 5.34.